The number of amides is 2. The first-order valence-corrected chi connectivity index (χ1v) is 29.5. The van der Waals surface area contributed by atoms with Crippen molar-refractivity contribution in [3.05, 3.63) is 327 Å². The van der Waals surface area contributed by atoms with Gasteiger partial charge in [0.25, 0.3) is 11.8 Å². The first kappa shape index (κ1) is 53.4. The number of aromatic nitrogens is 3. The van der Waals surface area contributed by atoms with Gasteiger partial charge in [0.1, 0.15) is 28.3 Å². The van der Waals surface area contributed by atoms with E-state index in [0.29, 0.717) is 16.4 Å². The molecule has 2 amide bonds. The third-order valence-corrected chi connectivity index (χ3v) is 17.9. The lowest BCUT2D eigenvalue weighted by molar-refractivity contribution is -0.154. The Morgan fingerprint density at radius 2 is 1.11 bits per heavy atom. The number of oxime groups is 1. The molecule has 0 spiro atoms. The molecule has 1 fully saturated rings. The number of imidazole rings is 1. The number of fused-ring (bicyclic) bond motifs is 1. The maximum absolute atomic E-state index is 15.3. The average molecular weight is 1130 g/mol. The first-order valence-electron chi connectivity index (χ1n) is 26.6. The zero-order valence-corrected chi connectivity index (χ0v) is 46.5. The Kier molecular flexibility index (Phi) is 15.5. The van der Waals surface area contributed by atoms with Crippen molar-refractivity contribution in [2.75, 3.05) is 11.5 Å². The highest BCUT2D eigenvalue weighted by Gasteiger charge is 2.55. The molecule has 2 aromatic heterocycles. The van der Waals surface area contributed by atoms with Crippen LogP contribution in [0.5, 0.6) is 0 Å². The van der Waals surface area contributed by atoms with Crippen LogP contribution in [0.2, 0.25) is 0 Å². The van der Waals surface area contributed by atoms with Crippen LogP contribution in [0.15, 0.2) is 276 Å². The van der Waals surface area contributed by atoms with E-state index < -0.39 is 46.4 Å². The van der Waals surface area contributed by atoms with Crippen molar-refractivity contribution in [3.8, 4) is 0 Å². The fourth-order valence-corrected chi connectivity index (χ4v) is 14.0. The highest BCUT2D eigenvalue weighted by molar-refractivity contribution is 8.05. The van der Waals surface area contributed by atoms with Gasteiger partial charge in [0.2, 0.25) is 5.60 Å². The van der Waals surface area contributed by atoms with Crippen LogP contribution in [0.4, 0.5) is 5.13 Å². The SMILES string of the molecule is Nc1nc(/C(=N/OC(c2ccccc2)(c2ccccc2)c2ccccc2)C(=O)N[C@@H]2C(=O)N3C(C(=O)OC(c4ccccc4)c4ccccc4)=C(SCc4cncn4C(c4ccccc4)(c4ccccc4)c4ccccc4)CS[C@H]23)cs1. The summed E-state index contributed by atoms with van der Waals surface area (Å²) in [5.41, 5.74) is 11.8. The molecule has 2 atom stereocenters. The number of thiazole rings is 1. The molecule has 0 bridgehead atoms. The lowest BCUT2D eigenvalue weighted by atomic mass is 9.76. The van der Waals surface area contributed by atoms with Crippen LogP contribution in [-0.2, 0) is 40.9 Å². The van der Waals surface area contributed by atoms with Gasteiger partial charge in [0.05, 0.1) is 6.33 Å². The van der Waals surface area contributed by atoms with Gasteiger partial charge in [-0.3, -0.25) is 14.5 Å². The maximum Gasteiger partial charge on any atom is 0.356 e. The van der Waals surface area contributed by atoms with Crippen LogP contribution in [0.25, 0.3) is 0 Å². The molecule has 0 aliphatic carbocycles. The second kappa shape index (κ2) is 23.8. The number of benzene rings is 8. The normalized spacial score (nSPS) is 15.4. The number of nitrogen functional groups attached to an aromatic ring is 1. The largest absolute Gasteiger partial charge is 0.448 e. The number of nitrogens with two attached hydrogens (primary N) is 1. The molecule has 0 unspecified atom stereocenters. The summed E-state index contributed by atoms with van der Waals surface area (Å²) < 4.78 is 8.81. The van der Waals surface area contributed by atoms with Gasteiger partial charge in [0.15, 0.2) is 16.9 Å². The number of nitrogens with one attached hydrogen (secondary N) is 1. The van der Waals surface area contributed by atoms with Crippen molar-refractivity contribution in [1.82, 2.24) is 24.8 Å². The van der Waals surface area contributed by atoms with E-state index in [1.54, 1.807) is 5.38 Å². The number of anilines is 1. The Labute approximate surface area is 487 Å². The van der Waals surface area contributed by atoms with Gasteiger partial charge in [-0.2, -0.15) is 0 Å². The van der Waals surface area contributed by atoms with Crippen LogP contribution in [-0.4, -0.2) is 60.1 Å². The number of thioether (sulfide) groups is 2. The van der Waals surface area contributed by atoms with E-state index >= 15 is 14.4 Å². The summed E-state index contributed by atoms with van der Waals surface area (Å²) in [5, 5.41) is 8.81. The highest BCUT2D eigenvalue weighted by atomic mass is 32.2. The molecule has 4 heterocycles. The molecular weight excluding hydrogens is 1080 g/mol. The number of hydrogen-bond acceptors (Lipinski definition) is 12. The zero-order chi connectivity index (χ0) is 55.9. The van der Waals surface area contributed by atoms with Crippen LogP contribution in [0.3, 0.4) is 0 Å². The summed E-state index contributed by atoms with van der Waals surface area (Å²) in [4.78, 5) is 63.6. The molecule has 15 heteroatoms. The van der Waals surface area contributed by atoms with E-state index in [-0.39, 0.29) is 22.2 Å². The molecule has 1 saturated heterocycles. The Morgan fingerprint density at radius 1 is 0.659 bits per heavy atom. The van der Waals surface area contributed by atoms with Crippen LogP contribution >= 0.6 is 34.9 Å². The minimum atomic E-state index is -1.34. The summed E-state index contributed by atoms with van der Waals surface area (Å²) in [7, 11) is 0. The summed E-state index contributed by atoms with van der Waals surface area (Å²) in [6.45, 7) is 0. The number of ether oxygens (including phenoxy) is 1. The van der Waals surface area contributed by atoms with Gasteiger partial charge in [-0.25, -0.2) is 14.8 Å². The molecule has 82 heavy (non-hydrogen) atoms. The lowest BCUT2D eigenvalue weighted by Crippen LogP contribution is -2.71. The highest BCUT2D eigenvalue weighted by Crippen LogP contribution is 2.47. The number of hydrogen-bond donors (Lipinski definition) is 2. The quantitative estimate of drug-likeness (QED) is 0.0263. The van der Waals surface area contributed by atoms with E-state index in [2.05, 4.69) is 51.3 Å². The second-order valence-corrected chi connectivity index (χ2v) is 22.5. The Bertz CT molecular complexity index is 3660. The van der Waals surface area contributed by atoms with Crippen molar-refractivity contribution in [1.29, 1.82) is 0 Å². The van der Waals surface area contributed by atoms with E-state index in [0.717, 1.165) is 61.5 Å². The predicted molar refractivity (Wildman–Crippen MR) is 324 cm³/mol. The molecule has 404 valence electrons. The van der Waals surface area contributed by atoms with E-state index in [9.17, 15) is 0 Å². The molecule has 12 rings (SSSR count). The molecule has 12 nitrogen and oxygen atoms in total. The van der Waals surface area contributed by atoms with E-state index in [1.165, 1.54) is 28.4 Å². The van der Waals surface area contributed by atoms with Crippen LogP contribution in [0, 0.1) is 0 Å². The summed E-state index contributed by atoms with van der Waals surface area (Å²) >= 11 is 4.04. The average Bonchev–Trinajstić information content (AvgIpc) is 2.33. The van der Waals surface area contributed by atoms with Crippen molar-refractivity contribution >= 4 is 63.5 Å². The maximum atomic E-state index is 15.3. The first-order chi connectivity index (χ1) is 40.3. The van der Waals surface area contributed by atoms with Gasteiger partial charge in [-0.15, -0.1) is 34.9 Å². The standard InChI is InChI=1S/C67H53N7O5S3/c68-65-70-55(43-82-65)57(72-79-67(51-35-19-6-20-36-51,52-37-21-7-22-38-52)53-39-23-8-24-40-53)61(75)71-58-62(76)74-59(64(77)78-60(46-25-9-1-10-26-46)47-27-11-2-12-28-47)56(44-81-63(58)74)80-42-54-41-69-45-73(54)66(48-29-13-3-14-30-48,49-31-15-4-16-32-49)50-33-17-5-18-34-50/h1-41,43,45,58,60,63H,42,44H2,(H2,68,70)(H,71,75)/b72-57-/t58-,63-/m1/s1. The fraction of sp³-hybridized carbons (Fsp3) is 0.104. The van der Waals surface area contributed by atoms with Gasteiger partial charge in [-0.1, -0.05) is 248 Å². The molecule has 2 aliphatic rings. The van der Waals surface area contributed by atoms with Crippen molar-refractivity contribution < 1.29 is 24.0 Å². The van der Waals surface area contributed by atoms with Crippen molar-refractivity contribution in [3.63, 3.8) is 0 Å². The van der Waals surface area contributed by atoms with Gasteiger partial charge in [0, 0.05) is 50.4 Å². The van der Waals surface area contributed by atoms with Crippen LogP contribution < -0.4 is 11.1 Å². The summed E-state index contributed by atoms with van der Waals surface area (Å²) in [6, 6.07) is 78.0. The molecule has 0 radical (unpaired) electrons. The minimum Gasteiger partial charge on any atom is -0.448 e. The van der Waals surface area contributed by atoms with Gasteiger partial charge >= 0.3 is 5.97 Å². The van der Waals surface area contributed by atoms with Crippen molar-refractivity contribution in [2.24, 2.45) is 5.16 Å². The van der Waals surface area contributed by atoms with Crippen LogP contribution in [0.1, 0.15) is 62.0 Å². The monoisotopic (exact) mass is 1130 g/mol. The third kappa shape index (κ3) is 10.2. The Hall–Kier alpha value is -9.28. The summed E-state index contributed by atoms with van der Waals surface area (Å²) in [5.74, 6) is -1.23. The molecule has 10 aromatic rings. The Balaban J connectivity index is 0.907. The number of nitrogens with zero attached hydrogens (tertiary/aromatic N) is 5. The Morgan fingerprint density at radius 3 is 1.56 bits per heavy atom. The number of esters is 1. The van der Waals surface area contributed by atoms with Gasteiger partial charge < -0.3 is 25.2 Å². The molecule has 2 aliphatic heterocycles. The molecule has 0 saturated carbocycles. The summed E-state index contributed by atoms with van der Waals surface area (Å²) in [6.07, 6.45) is 2.91. The van der Waals surface area contributed by atoms with Crippen molar-refractivity contribution in [2.45, 2.75) is 34.4 Å². The fourth-order valence-electron chi connectivity index (χ4n) is 10.9. The lowest BCUT2D eigenvalue weighted by Gasteiger charge is -2.49. The predicted octanol–water partition coefficient (Wildman–Crippen LogP) is 12.4. The van der Waals surface area contributed by atoms with E-state index in [1.807, 2.05) is 219 Å². The number of carbonyl (C=O) groups excluding carboxylic acids is 3. The second-order valence-electron chi connectivity index (χ2n) is 19.5. The molecule has 3 N–H and O–H groups in total. The minimum absolute atomic E-state index is 0.107. The van der Waals surface area contributed by atoms with E-state index in [4.69, 9.17) is 25.4 Å². The molecule has 8 aromatic carbocycles. The zero-order valence-electron chi connectivity index (χ0n) is 44.1. The topological polar surface area (TPSA) is 154 Å². The number of carbonyl (C=O) groups is 3. The molecular formula is C67H53N7O5S3. The smallest absolute Gasteiger partial charge is 0.356 e. The third-order valence-electron chi connectivity index (χ3n) is 14.7. The van der Waals surface area contributed by atoms with Gasteiger partial charge in [-0.05, 0) is 27.8 Å². The number of β-lactam (4-membered cyclic amide) rings is 1. The number of rotatable bonds is 19.